The fourth-order valence-corrected chi connectivity index (χ4v) is 5.45. The minimum Gasteiger partial charge on any atom is -0.299 e. The zero-order valence-corrected chi connectivity index (χ0v) is 16.2. The molecule has 0 amide bonds. The second-order valence-corrected chi connectivity index (χ2v) is 9.27. The lowest BCUT2D eigenvalue weighted by atomic mass is 10.00. The van der Waals surface area contributed by atoms with E-state index < -0.39 is 20.7 Å². The first-order valence-electron chi connectivity index (χ1n) is 8.43. The topological polar surface area (TPSA) is 49.4 Å². The van der Waals surface area contributed by atoms with Crippen LogP contribution in [0, 0.1) is 0 Å². The van der Waals surface area contributed by atoms with Gasteiger partial charge in [0, 0.05) is 24.7 Å². The molecule has 0 saturated carbocycles. The molecular formula is C18H22Cl2N2O2S. The van der Waals surface area contributed by atoms with Gasteiger partial charge in [-0.05, 0) is 42.7 Å². The van der Waals surface area contributed by atoms with Crippen LogP contribution in [0.2, 0.25) is 0 Å². The molecular weight excluding hydrogens is 379 g/mol. The lowest BCUT2D eigenvalue weighted by Gasteiger charge is -2.28. The molecule has 0 saturated heterocycles. The molecule has 1 aliphatic heterocycles. The highest BCUT2D eigenvalue weighted by molar-refractivity contribution is 7.90. The van der Waals surface area contributed by atoms with Crippen molar-refractivity contribution < 1.29 is 8.42 Å². The Morgan fingerprint density at radius 1 is 1.24 bits per heavy atom. The Balaban J connectivity index is 1.45. The summed E-state index contributed by atoms with van der Waals surface area (Å²) in [6.07, 6.45) is 6.49. The molecule has 2 atom stereocenters. The van der Waals surface area contributed by atoms with E-state index in [1.54, 1.807) is 18.2 Å². The van der Waals surface area contributed by atoms with Crippen LogP contribution in [0.4, 0.5) is 0 Å². The van der Waals surface area contributed by atoms with Gasteiger partial charge in [-0.1, -0.05) is 41.9 Å². The maximum atomic E-state index is 12.4. The average molecular weight is 401 g/mol. The van der Waals surface area contributed by atoms with Crippen molar-refractivity contribution in [3.63, 3.8) is 0 Å². The van der Waals surface area contributed by atoms with Gasteiger partial charge in [-0.2, -0.15) is 0 Å². The Labute approximate surface area is 159 Å². The van der Waals surface area contributed by atoms with Crippen LogP contribution in [0.3, 0.4) is 0 Å². The van der Waals surface area contributed by atoms with Crippen molar-refractivity contribution in [3.8, 4) is 0 Å². The highest BCUT2D eigenvalue weighted by Gasteiger charge is 2.30. The molecule has 1 N–H and O–H groups in total. The first kappa shape index (κ1) is 18.9. The van der Waals surface area contributed by atoms with Crippen LogP contribution in [0.25, 0.3) is 0 Å². The fourth-order valence-electron chi connectivity index (χ4n) is 3.23. The van der Waals surface area contributed by atoms with Crippen molar-refractivity contribution in [2.75, 3.05) is 19.6 Å². The maximum absolute atomic E-state index is 12.4. The van der Waals surface area contributed by atoms with Crippen LogP contribution in [0.1, 0.15) is 17.5 Å². The third kappa shape index (κ3) is 4.86. The predicted octanol–water partition coefficient (Wildman–Crippen LogP) is 3.02. The highest BCUT2D eigenvalue weighted by Crippen LogP contribution is 2.23. The highest BCUT2D eigenvalue weighted by atomic mass is 35.5. The Hall–Kier alpha value is -0.850. The smallest absolute Gasteiger partial charge is 0.219 e. The number of halogens is 2. The number of sulfonamides is 1. The van der Waals surface area contributed by atoms with E-state index in [1.807, 2.05) is 0 Å². The van der Waals surface area contributed by atoms with Crippen molar-refractivity contribution in [2.45, 2.75) is 30.0 Å². The van der Waals surface area contributed by atoms with E-state index >= 15 is 0 Å². The van der Waals surface area contributed by atoms with Gasteiger partial charge in [0.2, 0.25) is 10.0 Å². The molecule has 0 radical (unpaired) electrons. The molecule has 0 fully saturated rings. The zero-order chi connectivity index (χ0) is 17.9. The third-order valence-corrected chi connectivity index (χ3v) is 7.17. The maximum Gasteiger partial charge on any atom is 0.219 e. The molecule has 0 bridgehead atoms. The van der Waals surface area contributed by atoms with E-state index in [-0.39, 0.29) is 0 Å². The molecule has 4 nitrogen and oxygen atoms in total. The second kappa shape index (κ2) is 8.23. The molecule has 1 aliphatic carbocycles. The predicted molar refractivity (Wildman–Crippen MR) is 103 cm³/mol. The first-order valence-corrected chi connectivity index (χ1v) is 10.8. The SMILES string of the molecule is O=S(=O)(NCCCN1CCc2ccccc2C1)C1C=CC(Cl)=CC1Cl. The largest absolute Gasteiger partial charge is 0.299 e. The molecule has 25 heavy (non-hydrogen) atoms. The molecule has 1 heterocycles. The van der Waals surface area contributed by atoms with Gasteiger partial charge >= 0.3 is 0 Å². The van der Waals surface area contributed by atoms with Crippen LogP contribution in [0.5, 0.6) is 0 Å². The molecule has 2 aliphatic rings. The number of benzene rings is 1. The standard InChI is InChI=1S/C18H22Cl2N2O2S/c19-16-6-7-18(17(20)12-16)25(23,24)21-9-3-10-22-11-8-14-4-1-2-5-15(14)13-22/h1-2,4-7,12,17-18,21H,3,8-11,13H2. The summed E-state index contributed by atoms with van der Waals surface area (Å²) in [5.74, 6) is 0. The zero-order valence-electron chi connectivity index (χ0n) is 13.9. The van der Waals surface area contributed by atoms with Crippen LogP contribution in [0.15, 0.2) is 47.5 Å². The molecule has 0 spiro atoms. The van der Waals surface area contributed by atoms with Crippen molar-refractivity contribution in [1.29, 1.82) is 0 Å². The molecule has 136 valence electrons. The van der Waals surface area contributed by atoms with Gasteiger partial charge in [-0.3, -0.25) is 4.90 Å². The number of alkyl halides is 1. The number of nitrogens with zero attached hydrogens (tertiary/aromatic N) is 1. The van der Waals surface area contributed by atoms with Gasteiger partial charge in [0.15, 0.2) is 0 Å². The van der Waals surface area contributed by atoms with Gasteiger partial charge in [0.25, 0.3) is 0 Å². The summed E-state index contributed by atoms with van der Waals surface area (Å²) in [6.45, 7) is 3.22. The summed E-state index contributed by atoms with van der Waals surface area (Å²) >= 11 is 11.9. The van der Waals surface area contributed by atoms with Gasteiger partial charge in [-0.25, -0.2) is 13.1 Å². The summed E-state index contributed by atoms with van der Waals surface area (Å²) in [5.41, 5.74) is 2.79. The molecule has 0 aromatic heterocycles. The monoisotopic (exact) mass is 400 g/mol. The Morgan fingerprint density at radius 3 is 2.76 bits per heavy atom. The normalized spacial score (nSPS) is 24.0. The number of fused-ring (bicyclic) bond motifs is 1. The first-order chi connectivity index (χ1) is 12.0. The van der Waals surface area contributed by atoms with Crippen LogP contribution in [-0.2, 0) is 23.0 Å². The fraction of sp³-hybridized carbons (Fsp3) is 0.444. The minimum atomic E-state index is -3.50. The summed E-state index contributed by atoms with van der Waals surface area (Å²) < 4.78 is 27.4. The quantitative estimate of drug-likeness (QED) is 0.589. The third-order valence-electron chi connectivity index (χ3n) is 4.60. The summed E-state index contributed by atoms with van der Waals surface area (Å²) in [4.78, 5) is 2.37. The van der Waals surface area contributed by atoms with Crippen LogP contribution in [-0.4, -0.2) is 43.6 Å². The molecule has 2 unspecified atom stereocenters. The van der Waals surface area contributed by atoms with E-state index in [4.69, 9.17) is 23.2 Å². The molecule has 1 aromatic carbocycles. The van der Waals surface area contributed by atoms with Crippen LogP contribution < -0.4 is 4.72 Å². The number of hydrogen-bond donors (Lipinski definition) is 1. The summed E-state index contributed by atoms with van der Waals surface area (Å²) in [5, 5.41) is -0.955. The van der Waals surface area contributed by atoms with Gasteiger partial charge < -0.3 is 0 Å². The van der Waals surface area contributed by atoms with Crippen molar-refractivity contribution in [3.05, 3.63) is 58.7 Å². The Bertz CT molecular complexity index is 777. The van der Waals surface area contributed by atoms with E-state index in [2.05, 4.69) is 33.9 Å². The molecule has 1 aromatic rings. The van der Waals surface area contributed by atoms with E-state index in [9.17, 15) is 8.42 Å². The number of hydrogen-bond acceptors (Lipinski definition) is 3. The van der Waals surface area contributed by atoms with Gasteiger partial charge in [0.1, 0.15) is 5.25 Å². The minimum absolute atomic E-state index is 0.409. The summed E-state index contributed by atoms with van der Waals surface area (Å²) in [6, 6.07) is 8.49. The van der Waals surface area contributed by atoms with E-state index in [0.717, 1.165) is 32.5 Å². The molecule has 7 heteroatoms. The lowest BCUT2D eigenvalue weighted by molar-refractivity contribution is 0.251. The number of nitrogens with one attached hydrogen (secondary N) is 1. The van der Waals surface area contributed by atoms with Crippen LogP contribution >= 0.6 is 23.2 Å². The second-order valence-electron chi connectivity index (χ2n) is 6.41. The lowest BCUT2D eigenvalue weighted by Crippen LogP contribution is -2.40. The van der Waals surface area contributed by atoms with Crippen molar-refractivity contribution in [1.82, 2.24) is 9.62 Å². The van der Waals surface area contributed by atoms with Gasteiger partial charge in [0.05, 0.1) is 5.38 Å². The molecule has 3 rings (SSSR count). The van der Waals surface area contributed by atoms with Gasteiger partial charge in [-0.15, -0.1) is 11.6 Å². The van der Waals surface area contributed by atoms with E-state index in [1.165, 1.54) is 11.1 Å². The van der Waals surface area contributed by atoms with E-state index in [0.29, 0.717) is 11.6 Å². The van der Waals surface area contributed by atoms with Crippen molar-refractivity contribution >= 4 is 33.2 Å². The average Bonchev–Trinajstić information content (AvgIpc) is 2.58. The Kier molecular flexibility index (Phi) is 6.23. The number of rotatable bonds is 6. The Morgan fingerprint density at radius 2 is 2.00 bits per heavy atom. The summed E-state index contributed by atoms with van der Waals surface area (Å²) in [7, 11) is -3.50. The van der Waals surface area contributed by atoms with Crippen molar-refractivity contribution in [2.24, 2.45) is 0 Å². The number of allylic oxidation sites excluding steroid dienone is 3.